The van der Waals surface area contributed by atoms with Crippen LogP contribution in [-0.4, -0.2) is 44.3 Å². The molecule has 0 bridgehead atoms. The Bertz CT molecular complexity index is 364. The average molecular weight is 256 g/mol. The van der Waals surface area contributed by atoms with Crippen molar-refractivity contribution >= 4 is 11.8 Å². The first kappa shape index (κ1) is 12.9. The van der Waals surface area contributed by atoms with Crippen LogP contribution in [0.2, 0.25) is 0 Å². The summed E-state index contributed by atoms with van der Waals surface area (Å²) >= 11 is 1.77. The zero-order valence-electron chi connectivity index (χ0n) is 10.4. The van der Waals surface area contributed by atoms with Crippen LogP contribution in [0.25, 0.3) is 0 Å². The highest BCUT2D eigenvalue weighted by Crippen LogP contribution is 2.37. The largest absolute Gasteiger partial charge is 0.394 e. The van der Waals surface area contributed by atoms with Crippen molar-refractivity contribution in [1.29, 1.82) is 0 Å². The van der Waals surface area contributed by atoms with Crippen LogP contribution in [0.5, 0.6) is 0 Å². The molecule has 1 fully saturated rings. The Labute approximate surface area is 106 Å². The highest BCUT2D eigenvalue weighted by atomic mass is 32.2. The number of hydrogen-bond donors (Lipinski definition) is 2. The molecule has 2 N–H and O–H groups in total. The number of nitrogens with zero attached hydrogens (tertiary/aromatic N) is 3. The number of likely N-dealkylation sites (N-methyl/N-ethyl adjacent to an activating group) is 1. The topological polar surface area (TPSA) is 63.0 Å². The van der Waals surface area contributed by atoms with Crippen molar-refractivity contribution in [2.75, 3.05) is 13.7 Å². The maximum absolute atomic E-state index is 9.54. The van der Waals surface area contributed by atoms with E-state index in [1.165, 1.54) is 6.42 Å². The van der Waals surface area contributed by atoms with Crippen LogP contribution in [0.3, 0.4) is 0 Å². The summed E-state index contributed by atoms with van der Waals surface area (Å²) < 4.78 is 1.94. The minimum Gasteiger partial charge on any atom is -0.394 e. The summed E-state index contributed by atoms with van der Waals surface area (Å²) in [4.78, 5) is 0. The van der Waals surface area contributed by atoms with Crippen molar-refractivity contribution in [3.8, 4) is 0 Å². The summed E-state index contributed by atoms with van der Waals surface area (Å²) in [5.74, 6) is 0. The Balaban J connectivity index is 2.00. The predicted octanol–water partition coefficient (Wildman–Crippen LogP) is 0.800. The average Bonchev–Trinajstić information content (AvgIpc) is 2.75. The molecule has 1 heterocycles. The van der Waals surface area contributed by atoms with E-state index in [2.05, 4.69) is 15.5 Å². The third kappa shape index (κ3) is 2.81. The van der Waals surface area contributed by atoms with Gasteiger partial charge in [0.25, 0.3) is 0 Å². The molecule has 1 aliphatic rings. The van der Waals surface area contributed by atoms with Gasteiger partial charge in [0.1, 0.15) is 6.33 Å². The lowest BCUT2D eigenvalue weighted by atomic mass is 9.82. The molecule has 6 heteroatoms. The van der Waals surface area contributed by atoms with Crippen LogP contribution in [0.15, 0.2) is 11.5 Å². The second-order valence-corrected chi connectivity index (χ2v) is 6.02. The number of aryl methyl sites for hydroxylation is 1. The minimum atomic E-state index is -0.103. The molecule has 2 atom stereocenters. The molecule has 0 spiro atoms. The van der Waals surface area contributed by atoms with Crippen LogP contribution in [-0.2, 0) is 7.05 Å². The zero-order valence-corrected chi connectivity index (χ0v) is 11.2. The molecule has 5 nitrogen and oxygen atoms in total. The van der Waals surface area contributed by atoms with Crippen LogP contribution >= 0.6 is 11.8 Å². The van der Waals surface area contributed by atoms with Gasteiger partial charge in [0.2, 0.25) is 0 Å². The molecule has 1 saturated carbocycles. The summed E-state index contributed by atoms with van der Waals surface area (Å²) in [7, 11) is 3.90. The number of aliphatic hydroxyl groups excluding tert-OH is 1. The lowest BCUT2D eigenvalue weighted by molar-refractivity contribution is 0.131. The molecular weight excluding hydrogens is 236 g/mol. The molecule has 1 aliphatic carbocycles. The van der Waals surface area contributed by atoms with Crippen LogP contribution in [0.4, 0.5) is 0 Å². The van der Waals surface area contributed by atoms with Gasteiger partial charge in [0, 0.05) is 17.8 Å². The number of hydrogen-bond acceptors (Lipinski definition) is 5. The predicted molar refractivity (Wildman–Crippen MR) is 68.0 cm³/mol. The molecule has 17 heavy (non-hydrogen) atoms. The third-order valence-electron chi connectivity index (χ3n) is 3.57. The van der Waals surface area contributed by atoms with Crippen molar-refractivity contribution < 1.29 is 5.11 Å². The van der Waals surface area contributed by atoms with Crippen molar-refractivity contribution in [3.05, 3.63) is 6.33 Å². The number of aliphatic hydroxyl groups is 1. The van der Waals surface area contributed by atoms with Crippen LogP contribution < -0.4 is 5.32 Å². The summed E-state index contributed by atoms with van der Waals surface area (Å²) in [5, 5.41) is 22.3. The van der Waals surface area contributed by atoms with Crippen molar-refractivity contribution in [1.82, 2.24) is 20.1 Å². The Hall–Kier alpha value is -0.590. The fourth-order valence-corrected chi connectivity index (χ4v) is 3.68. The molecule has 96 valence electrons. The maximum Gasteiger partial charge on any atom is 0.191 e. The van der Waals surface area contributed by atoms with Crippen molar-refractivity contribution in [3.63, 3.8) is 0 Å². The molecule has 0 radical (unpaired) electrons. The summed E-state index contributed by atoms with van der Waals surface area (Å²) in [6.07, 6.45) is 6.09. The lowest BCUT2D eigenvalue weighted by Crippen LogP contribution is -2.50. The SMILES string of the molecule is CNC1(CO)CCCC(Sc2nncn2C)C1. The van der Waals surface area contributed by atoms with E-state index in [9.17, 15) is 5.11 Å². The van der Waals surface area contributed by atoms with Gasteiger partial charge < -0.3 is 15.0 Å². The minimum absolute atomic E-state index is 0.103. The van der Waals surface area contributed by atoms with Gasteiger partial charge in [-0.15, -0.1) is 10.2 Å². The molecule has 2 rings (SSSR count). The summed E-state index contributed by atoms with van der Waals surface area (Å²) in [6, 6.07) is 0. The molecule has 1 aromatic rings. The number of aromatic nitrogens is 3. The van der Waals surface area contributed by atoms with E-state index in [0.29, 0.717) is 5.25 Å². The Morgan fingerprint density at radius 2 is 2.53 bits per heavy atom. The van der Waals surface area contributed by atoms with Gasteiger partial charge in [-0.3, -0.25) is 0 Å². The van der Waals surface area contributed by atoms with Crippen molar-refractivity contribution in [2.24, 2.45) is 7.05 Å². The molecule has 2 unspecified atom stereocenters. The molecular formula is C11H20N4OS. The van der Waals surface area contributed by atoms with E-state index in [1.54, 1.807) is 18.1 Å². The van der Waals surface area contributed by atoms with E-state index in [1.807, 2.05) is 18.7 Å². The second kappa shape index (κ2) is 5.37. The highest BCUT2D eigenvalue weighted by Gasteiger charge is 2.35. The third-order valence-corrected chi connectivity index (χ3v) is 4.89. The lowest BCUT2D eigenvalue weighted by Gasteiger charge is -2.39. The Kier molecular flexibility index (Phi) is 4.06. The summed E-state index contributed by atoms with van der Waals surface area (Å²) in [6.45, 7) is 0.208. The first-order chi connectivity index (χ1) is 8.19. The van der Waals surface area contributed by atoms with Crippen molar-refractivity contribution in [2.45, 2.75) is 41.6 Å². The van der Waals surface area contributed by atoms with Crippen LogP contribution in [0.1, 0.15) is 25.7 Å². The van der Waals surface area contributed by atoms with E-state index >= 15 is 0 Å². The van der Waals surface area contributed by atoms with Gasteiger partial charge in [0.15, 0.2) is 5.16 Å². The fourth-order valence-electron chi connectivity index (χ4n) is 2.39. The van der Waals surface area contributed by atoms with Gasteiger partial charge in [-0.25, -0.2) is 0 Å². The first-order valence-corrected chi connectivity index (χ1v) is 6.87. The van der Waals surface area contributed by atoms with Gasteiger partial charge >= 0.3 is 0 Å². The molecule has 0 aromatic carbocycles. The maximum atomic E-state index is 9.54. The normalized spacial score (nSPS) is 29.5. The Morgan fingerprint density at radius 3 is 3.12 bits per heavy atom. The molecule has 1 aromatic heterocycles. The quantitative estimate of drug-likeness (QED) is 0.834. The molecule has 0 saturated heterocycles. The number of thioether (sulfide) groups is 1. The van der Waals surface area contributed by atoms with Gasteiger partial charge in [-0.1, -0.05) is 18.2 Å². The van der Waals surface area contributed by atoms with E-state index in [4.69, 9.17) is 0 Å². The second-order valence-electron chi connectivity index (χ2n) is 4.75. The Morgan fingerprint density at radius 1 is 1.71 bits per heavy atom. The molecule has 0 amide bonds. The van der Waals surface area contributed by atoms with Crippen LogP contribution in [0, 0.1) is 0 Å². The first-order valence-electron chi connectivity index (χ1n) is 5.99. The van der Waals surface area contributed by atoms with Gasteiger partial charge in [-0.2, -0.15) is 0 Å². The van der Waals surface area contributed by atoms with Gasteiger partial charge in [-0.05, 0) is 26.3 Å². The smallest absolute Gasteiger partial charge is 0.191 e. The number of rotatable bonds is 4. The standard InChI is InChI=1S/C11H20N4OS/c1-12-11(7-16)5-3-4-9(6-11)17-10-14-13-8-15(10)2/h8-9,12,16H,3-7H2,1-2H3. The van der Waals surface area contributed by atoms with E-state index < -0.39 is 0 Å². The highest BCUT2D eigenvalue weighted by molar-refractivity contribution is 7.99. The molecule has 0 aliphatic heterocycles. The fraction of sp³-hybridized carbons (Fsp3) is 0.818. The monoisotopic (exact) mass is 256 g/mol. The zero-order chi connectivity index (χ0) is 12.3. The van der Waals surface area contributed by atoms with E-state index in [0.717, 1.165) is 24.4 Å². The summed E-state index contributed by atoms with van der Waals surface area (Å²) in [5.41, 5.74) is -0.103. The van der Waals surface area contributed by atoms with Gasteiger partial charge in [0.05, 0.1) is 6.61 Å². The number of nitrogens with one attached hydrogen (secondary N) is 1. The van der Waals surface area contributed by atoms with E-state index in [-0.39, 0.29) is 12.1 Å².